The van der Waals surface area contributed by atoms with E-state index in [0.29, 0.717) is 22.4 Å². The number of aromatic hydroxyl groups is 1. The molecule has 0 amide bonds. The molecule has 0 atom stereocenters. The SMILES string of the molecule is COc1cc(C=CC(=O)C=C(O)C=Cc2ccc(OC(=O)c3cccnc3)c(OC)c2)ccc1O. The van der Waals surface area contributed by atoms with Crippen LogP contribution in [0.4, 0.5) is 0 Å². The van der Waals surface area contributed by atoms with E-state index < -0.39 is 11.8 Å². The number of phenols is 1. The van der Waals surface area contributed by atoms with Gasteiger partial charge >= 0.3 is 5.97 Å². The lowest BCUT2D eigenvalue weighted by molar-refractivity contribution is -0.110. The summed E-state index contributed by atoms with van der Waals surface area (Å²) in [5, 5.41) is 19.7. The number of ether oxygens (including phenoxy) is 3. The van der Waals surface area contributed by atoms with Crippen LogP contribution in [0.5, 0.6) is 23.0 Å². The second kappa shape index (κ2) is 11.9. The van der Waals surface area contributed by atoms with Gasteiger partial charge in [-0.25, -0.2) is 4.79 Å². The third-order valence-electron chi connectivity index (χ3n) is 4.67. The minimum atomic E-state index is -0.572. The number of benzene rings is 2. The van der Waals surface area contributed by atoms with Crippen LogP contribution in [0.15, 0.2) is 84.9 Å². The van der Waals surface area contributed by atoms with Crippen molar-refractivity contribution in [1.29, 1.82) is 0 Å². The highest BCUT2D eigenvalue weighted by atomic mass is 16.6. The number of allylic oxidation sites excluding steroid dienone is 3. The Morgan fingerprint density at radius 1 is 0.886 bits per heavy atom. The molecule has 1 heterocycles. The lowest BCUT2D eigenvalue weighted by Gasteiger charge is -2.10. The van der Waals surface area contributed by atoms with Crippen LogP contribution in [-0.4, -0.2) is 41.2 Å². The third kappa shape index (κ3) is 7.06. The molecule has 0 saturated carbocycles. The molecule has 178 valence electrons. The molecule has 2 aromatic carbocycles. The van der Waals surface area contributed by atoms with Crippen molar-refractivity contribution in [1.82, 2.24) is 4.98 Å². The molecule has 0 spiro atoms. The van der Waals surface area contributed by atoms with Crippen molar-refractivity contribution in [3.8, 4) is 23.0 Å². The lowest BCUT2D eigenvalue weighted by Crippen LogP contribution is -2.09. The zero-order chi connectivity index (χ0) is 25.2. The molecule has 0 aliphatic heterocycles. The summed E-state index contributed by atoms with van der Waals surface area (Å²) in [4.78, 5) is 28.3. The maximum atomic E-state index is 12.2. The summed E-state index contributed by atoms with van der Waals surface area (Å²) in [7, 11) is 2.87. The molecule has 0 saturated heterocycles. The van der Waals surface area contributed by atoms with Gasteiger partial charge < -0.3 is 24.4 Å². The first kappa shape index (κ1) is 24.8. The summed E-state index contributed by atoms with van der Waals surface area (Å²) >= 11 is 0. The van der Waals surface area contributed by atoms with Gasteiger partial charge in [0, 0.05) is 18.5 Å². The van der Waals surface area contributed by atoms with Crippen LogP contribution in [0.2, 0.25) is 0 Å². The number of hydrogen-bond acceptors (Lipinski definition) is 8. The highest BCUT2D eigenvalue weighted by molar-refractivity contribution is 6.02. The fourth-order valence-electron chi connectivity index (χ4n) is 2.91. The number of carbonyl (C=O) groups excluding carboxylic acids is 2. The van der Waals surface area contributed by atoms with Gasteiger partial charge in [-0.05, 0) is 59.7 Å². The highest BCUT2D eigenvalue weighted by Gasteiger charge is 2.12. The molecule has 0 unspecified atom stereocenters. The number of pyridine rings is 1. The molecular formula is C27H23NO7. The Hall–Kier alpha value is -4.85. The summed E-state index contributed by atoms with van der Waals surface area (Å²) in [6.45, 7) is 0. The van der Waals surface area contributed by atoms with Crippen LogP contribution in [0.1, 0.15) is 21.5 Å². The van der Waals surface area contributed by atoms with E-state index in [2.05, 4.69) is 4.98 Å². The molecule has 2 N–H and O–H groups in total. The minimum Gasteiger partial charge on any atom is -0.508 e. The molecule has 3 rings (SSSR count). The van der Waals surface area contributed by atoms with Gasteiger partial charge in [-0.15, -0.1) is 0 Å². The predicted octanol–water partition coefficient (Wildman–Crippen LogP) is 4.76. The van der Waals surface area contributed by atoms with Crippen molar-refractivity contribution in [2.45, 2.75) is 0 Å². The average Bonchev–Trinajstić information content (AvgIpc) is 2.88. The Labute approximate surface area is 202 Å². The summed E-state index contributed by atoms with van der Waals surface area (Å²) in [5.41, 5.74) is 1.59. The van der Waals surface area contributed by atoms with Gasteiger partial charge in [-0.1, -0.05) is 24.3 Å². The Morgan fingerprint density at radius 3 is 2.26 bits per heavy atom. The Kier molecular flexibility index (Phi) is 8.39. The summed E-state index contributed by atoms with van der Waals surface area (Å²) in [6, 6.07) is 12.7. The number of esters is 1. The van der Waals surface area contributed by atoms with E-state index in [1.165, 1.54) is 44.7 Å². The molecule has 0 radical (unpaired) electrons. The van der Waals surface area contributed by atoms with Crippen LogP contribution in [-0.2, 0) is 4.79 Å². The van der Waals surface area contributed by atoms with Crippen molar-refractivity contribution in [2.75, 3.05) is 14.2 Å². The number of aliphatic hydroxyl groups is 1. The number of aliphatic hydroxyl groups excluding tert-OH is 1. The highest BCUT2D eigenvalue weighted by Crippen LogP contribution is 2.29. The number of nitrogens with zero attached hydrogens (tertiary/aromatic N) is 1. The lowest BCUT2D eigenvalue weighted by atomic mass is 10.1. The van der Waals surface area contributed by atoms with E-state index >= 15 is 0 Å². The van der Waals surface area contributed by atoms with E-state index in [1.807, 2.05) is 0 Å². The van der Waals surface area contributed by atoms with Crippen molar-refractivity contribution in [2.24, 2.45) is 0 Å². The van der Waals surface area contributed by atoms with Gasteiger partial charge in [0.05, 0.1) is 19.8 Å². The maximum Gasteiger partial charge on any atom is 0.345 e. The normalized spacial score (nSPS) is 11.5. The van der Waals surface area contributed by atoms with Crippen molar-refractivity contribution in [3.05, 3.63) is 102 Å². The van der Waals surface area contributed by atoms with Gasteiger partial charge in [0.2, 0.25) is 0 Å². The molecule has 8 heteroatoms. The number of carbonyl (C=O) groups is 2. The maximum absolute atomic E-state index is 12.2. The molecule has 0 aliphatic carbocycles. The largest absolute Gasteiger partial charge is 0.508 e. The van der Waals surface area contributed by atoms with E-state index in [0.717, 1.165) is 6.08 Å². The van der Waals surface area contributed by atoms with E-state index in [-0.39, 0.29) is 23.0 Å². The molecular weight excluding hydrogens is 450 g/mol. The van der Waals surface area contributed by atoms with Crippen LogP contribution in [0.25, 0.3) is 12.2 Å². The van der Waals surface area contributed by atoms with Gasteiger partial charge in [-0.3, -0.25) is 9.78 Å². The van der Waals surface area contributed by atoms with Crippen LogP contribution >= 0.6 is 0 Å². The number of rotatable bonds is 9. The third-order valence-corrected chi connectivity index (χ3v) is 4.67. The quantitative estimate of drug-likeness (QED) is 0.150. The zero-order valence-electron chi connectivity index (χ0n) is 19.0. The first-order chi connectivity index (χ1) is 16.9. The second-order valence-electron chi connectivity index (χ2n) is 7.11. The number of phenolic OH excluding ortho intramolecular Hbond substituents is 1. The Bertz CT molecular complexity index is 1290. The topological polar surface area (TPSA) is 115 Å². The van der Waals surface area contributed by atoms with E-state index in [1.54, 1.807) is 54.7 Å². The molecule has 0 fully saturated rings. The van der Waals surface area contributed by atoms with Crippen molar-refractivity contribution in [3.63, 3.8) is 0 Å². The van der Waals surface area contributed by atoms with Crippen molar-refractivity contribution < 1.29 is 34.0 Å². The first-order valence-electron chi connectivity index (χ1n) is 10.4. The second-order valence-corrected chi connectivity index (χ2v) is 7.11. The van der Waals surface area contributed by atoms with Crippen LogP contribution in [0, 0.1) is 0 Å². The monoisotopic (exact) mass is 473 g/mol. The van der Waals surface area contributed by atoms with Crippen LogP contribution in [0.3, 0.4) is 0 Å². The number of hydrogen-bond donors (Lipinski definition) is 2. The summed E-state index contributed by atoms with van der Waals surface area (Å²) in [5.74, 6) is -0.439. The molecule has 1 aromatic heterocycles. The Balaban J connectivity index is 1.66. The van der Waals surface area contributed by atoms with E-state index in [4.69, 9.17) is 14.2 Å². The molecule has 35 heavy (non-hydrogen) atoms. The molecule has 0 aliphatic rings. The smallest absolute Gasteiger partial charge is 0.345 e. The molecule has 0 bridgehead atoms. The van der Waals surface area contributed by atoms with Crippen LogP contribution < -0.4 is 14.2 Å². The average molecular weight is 473 g/mol. The Morgan fingerprint density at radius 2 is 1.57 bits per heavy atom. The first-order valence-corrected chi connectivity index (χ1v) is 10.4. The zero-order valence-corrected chi connectivity index (χ0v) is 19.0. The number of methoxy groups -OCH3 is 2. The summed E-state index contributed by atoms with van der Waals surface area (Å²) in [6.07, 6.45) is 9.76. The number of ketones is 1. The predicted molar refractivity (Wildman–Crippen MR) is 131 cm³/mol. The van der Waals surface area contributed by atoms with Gasteiger partial charge in [0.25, 0.3) is 0 Å². The molecule has 8 nitrogen and oxygen atoms in total. The fourth-order valence-corrected chi connectivity index (χ4v) is 2.91. The van der Waals surface area contributed by atoms with Crippen molar-refractivity contribution >= 4 is 23.9 Å². The van der Waals surface area contributed by atoms with Gasteiger partial charge in [-0.2, -0.15) is 0 Å². The van der Waals surface area contributed by atoms with E-state index in [9.17, 15) is 19.8 Å². The molecule has 3 aromatic rings. The number of aromatic nitrogens is 1. The minimum absolute atomic E-state index is 0.00465. The van der Waals surface area contributed by atoms with Gasteiger partial charge in [0.15, 0.2) is 28.8 Å². The standard InChI is InChI=1S/C27H23NO7/c1-33-25-14-18(7-11-23(25)31)5-9-21(29)16-22(30)10-6-19-8-12-24(26(15-19)34-2)35-27(32)20-4-3-13-28-17-20/h3-17,30-31H,1-2H3. The summed E-state index contributed by atoms with van der Waals surface area (Å²) < 4.78 is 15.7. The fraction of sp³-hybridized carbons (Fsp3) is 0.0741. The van der Waals surface area contributed by atoms with Gasteiger partial charge in [0.1, 0.15) is 5.76 Å².